The molecule has 12 unspecified atom stereocenters. The Labute approximate surface area is 248 Å². The fourth-order valence-electron chi connectivity index (χ4n) is 10.3. The molecule has 0 radical (unpaired) electrons. The first-order chi connectivity index (χ1) is 20.0. The maximum absolute atomic E-state index is 12.6. The van der Waals surface area contributed by atoms with Crippen molar-refractivity contribution >= 4 is 12.2 Å². The molecule has 10 nitrogen and oxygen atoms in total. The lowest BCUT2D eigenvalue weighted by Gasteiger charge is -2.66. The van der Waals surface area contributed by atoms with Gasteiger partial charge in [-0.1, -0.05) is 6.92 Å². The number of hydrogen-bond acceptors (Lipinski definition) is 10. The molecule has 42 heavy (non-hydrogen) atoms. The average molecular weight is 592 g/mol. The molecule has 0 aromatic carbocycles. The van der Waals surface area contributed by atoms with Crippen LogP contribution in [-0.4, -0.2) is 101 Å². The molecule has 0 bridgehead atoms. The Bertz CT molecular complexity index is 1100. The zero-order valence-corrected chi connectivity index (χ0v) is 25.2. The highest BCUT2D eigenvalue weighted by Gasteiger charge is 2.71. The van der Waals surface area contributed by atoms with Gasteiger partial charge in [0.05, 0.1) is 42.7 Å². The van der Waals surface area contributed by atoms with Crippen LogP contribution in [0.5, 0.6) is 0 Å². The van der Waals surface area contributed by atoms with Crippen LogP contribution in [-0.2, 0) is 23.7 Å². The van der Waals surface area contributed by atoms with Crippen LogP contribution in [0.25, 0.3) is 0 Å². The summed E-state index contributed by atoms with van der Waals surface area (Å²) in [5.41, 5.74) is -2.00. The molecule has 0 aromatic rings. The smallest absolute Gasteiger partial charge is 0.331 e. The van der Waals surface area contributed by atoms with Gasteiger partial charge in [0, 0.05) is 43.1 Å². The zero-order chi connectivity index (χ0) is 29.9. The van der Waals surface area contributed by atoms with Crippen LogP contribution >= 0.6 is 0 Å². The maximum Gasteiger partial charge on any atom is 0.331 e. The van der Waals surface area contributed by atoms with Gasteiger partial charge in [-0.15, -0.1) is 0 Å². The molecule has 4 saturated carbocycles. The van der Waals surface area contributed by atoms with Crippen LogP contribution in [0, 0.1) is 28.6 Å². The van der Waals surface area contributed by atoms with Crippen molar-refractivity contribution in [1.82, 2.24) is 0 Å². The highest BCUT2D eigenvalue weighted by Crippen LogP contribution is 2.70. The number of methoxy groups -OCH3 is 1. The zero-order valence-electron chi connectivity index (χ0n) is 25.2. The van der Waals surface area contributed by atoms with E-state index in [1.54, 1.807) is 13.2 Å². The van der Waals surface area contributed by atoms with Gasteiger partial charge in [0.25, 0.3) is 0 Å². The molecule has 2 aliphatic heterocycles. The number of carbonyl (C=O) groups excluding carboxylic acids is 1. The van der Waals surface area contributed by atoms with Gasteiger partial charge in [-0.05, 0) is 81.6 Å². The van der Waals surface area contributed by atoms with E-state index in [-0.39, 0.29) is 54.5 Å². The predicted molar refractivity (Wildman–Crippen MR) is 153 cm³/mol. The number of aliphatic hydroxyl groups excluding tert-OH is 2. The van der Waals surface area contributed by atoms with Crippen molar-refractivity contribution in [1.29, 1.82) is 0 Å². The molecule has 6 aliphatic rings. The highest BCUT2D eigenvalue weighted by atomic mass is 16.7. The summed E-state index contributed by atoms with van der Waals surface area (Å²) in [6.07, 6.45) is 7.86. The summed E-state index contributed by atoms with van der Waals surface area (Å²) in [6.45, 7) is 4.53. The number of aliphatic imine (C=N–C) groups is 1. The van der Waals surface area contributed by atoms with Crippen LogP contribution in [0.15, 0.2) is 16.6 Å². The molecule has 10 heteroatoms. The first-order valence-electron chi connectivity index (χ1n) is 16.0. The second kappa shape index (κ2) is 11.2. The predicted octanol–water partition coefficient (Wildman–Crippen LogP) is 2.30. The van der Waals surface area contributed by atoms with Gasteiger partial charge in [0.15, 0.2) is 6.29 Å². The molecule has 236 valence electrons. The van der Waals surface area contributed by atoms with E-state index in [0.717, 1.165) is 24.8 Å². The van der Waals surface area contributed by atoms with E-state index < -0.39 is 35.1 Å². The quantitative estimate of drug-likeness (QED) is 0.199. The minimum Gasteiger partial charge on any atom is -0.458 e. The van der Waals surface area contributed by atoms with E-state index in [2.05, 4.69) is 11.9 Å². The Balaban J connectivity index is 1.25. The summed E-state index contributed by atoms with van der Waals surface area (Å²) in [7, 11) is 1.58. The number of hydrogen-bond donors (Lipinski definition) is 4. The van der Waals surface area contributed by atoms with Crippen LogP contribution < -0.4 is 0 Å². The van der Waals surface area contributed by atoms with E-state index in [0.29, 0.717) is 51.6 Å². The van der Waals surface area contributed by atoms with Crippen molar-refractivity contribution in [2.24, 2.45) is 33.6 Å². The third-order valence-corrected chi connectivity index (χ3v) is 12.5. The van der Waals surface area contributed by atoms with E-state index in [1.807, 2.05) is 13.1 Å². The van der Waals surface area contributed by atoms with Gasteiger partial charge < -0.3 is 39.4 Å². The number of rotatable bonds is 7. The average Bonchev–Trinajstić information content (AvgIpc) is 3.50. The van der Waals surface area contributed by atoms with Gasteiger partial charge in [-0.2, -0.15) is 0 Å². The van der Waals surface area contributed by atoms with Gasteiger partial charge in [0.2, 0.25) is 0 Å². The molecule has 4 aliphatic carbocycles. The molecule has 0 amide bonds. The van der Waals surface area contributed by atoms with Gasteiger partial charge >= 0.3 is 5.97 Å². The lowest BCUT2D eigenvalue weighted by atomic mass is 9.41. The number of ether oxygens (including phenoxy) is 4. The Morgan fingerprint density at radius 1 is 1.12 bits per heavy atom. The SMILES string of the molecule is COC1CC(OC2CCC3(C=NCCO)C4CCC5(C)C(C6=CC(=O)OC6)CCC5(O)C4CCC3(O)C2)OC(C)C1O. The standard InChI is InChI=1S/C32H49NO9/c1-19-28(36)25(39-3)15-27(41-19)42-21-4-9-30(18-33-12-13-34)23-5-8-29(2)22(20-14-26(35)40-17-20)7-11-32(29,38)24(23)6-10-31(30,37)16-21/h14,18-19,21-25,27-28,34,36-38H,4-13,15-17H2,1-3H3. The first-order valence-corrected chi connectivity index (χ1v) is 16.0. The molecule has 0 aromatic heterocycles. The van der Waals surface area contributed by atoms with Crippen molar-refractivity contribution < 1.29 is 44.2 Å². The van der Waals surface area contributed by atoms with Crippen LogP contribution in [0.3, 0.4) is 0 Å². The number of carbonyl (C=O) groups is 1. The lowest BCUT2D eigenvalue weighted by Crippen LogP contribution is -2.69. The summed E-state index contributed by atoms with van der Waals surface area (Å²) in [6, 6.07) is 0. The van der Waals surface area contributed by atoms with Crippen LogP contribution in [0.4, 0.5) is 0 Å². The van der Waals surface area contributed by atoms with Crippen molar-refractivity contribution in [2.45, 2.75) is 120 Å². The second-order valence-electron chi connectivity index (χ2n) is 14.2. The third kappa shape index (κ3) is 4.63. The summed E-state index contributed by atoms with van der Waals surface area (Å²) < 4.78 is 23.1. The monoisotopic (exact) mass is 591 g/mol. The fourth-order valence-corrected chi connectivity index (χ4v) is 10.3. The molecule has 12 atom stereocenters. The third-order valence-electron chi connectivity index (χ3n) is 12.5. The Kier molecular flexibility index (Phi) is 8.16. The summed E-state index contributed by atoms with van der Waals surface area (Å²) in [4.78, 5) is 16.5. The van der Waals surface area contributed by atoms with E-state index >= 15 is 0 Å². The highest BCUT2D eigenvalue weighted by molar-refractivity contribution is 5.85. The number of cyclic esters (lactones) is 1. The largest absolute Gasteiger partial charge is 0.458 e. The molecular formula is C32H49NO9. The van der Waals surface area contributed by atoms with Crippen molar-refractivity contribution in [3.8, 4) is 0 Å². The lowest BCUT2D eigenvalue weighted by molar-refractivity contribution is -0.284. The molecule has 4 N–H and O–H groups in total. The second-order valence-corrected chi connectivity index (χ2v) is 14.2. The minimum atomic E-state index is -1.08. The number of esters is 1. The Morgan fingerprint density at radius 2 is 1.90 bits per heavy atom. The normalized spacial score (nSPS) is 50.6. The fraction of sp³-hybridized carbons (Fsp3) is 0.875. The molecule has 0 spiro atoms. The summed E-state index contributed by atoms with van der Waals surface area (Å²) in [5.74, 6) is -0.165. The van der Waals surface area contributed by atoms with Gasteiger partial charge in [-0.3, -0.25) is 4.99 Å². The van der Waals surface area contributed by atoms with Gasteiger partial charge in [0.1, 0.15) is 12.7 Å². The molecule has 1 saturated heterocycles. The van der Waals surface area contributed by atoms with Crippen molar-refractivity contribution in [2.75, 3.05) is 26.9 Å². The minimum absolute atomic E-state index is 0.00957. The van der Waals surface area contributed by atoms with Gasteiger partial charge in [-0.25, -0.2) is 4.79 Å². The number of aliphatic hydroxyl groups is 4. The first kappa shape index (κ1) is 30.6. The molecule has 2 heterocycles. The number of nitrogens with zero attached hydrogens (tertiary/aromatic N) is 1. The number of fused-ring (bicyclic) bond motifs is 5. The molecule has 5 fully saturated rings. The maximum atomic E-state index is 12.6. The van der Waals surface area contributed by atoms with E-state index in [4.69, 9.17) is 18.9 Å². The molecular weight excluding hydrogens is 542 g/mol. The molecule has 6 rings (SSSR count). The Hall–Kier alpha value is -1.40. The van der Waals surface area contributed by atoms with E-state index in [1.165, 1.54) is 0 Å². The van der Waals surface area contributed by atoms with Crippen LogP contribution in [0.1, 0.15) is 78.1 Å². The summed E-state index contributed by atoms with van der Waals surface area (Å²) in [5, 5.41) is 45.0. The van der Waals surface area contributed by atoms with E-state index in [9.17, 15) is 25.2 Å². The Morgan fingerprint density at radius 3 is 2.62 bits per heavy atom. The summed E-state index contributed by atoms with van der Waals surface area (Å²) >= 11 is 0. The van der Waals surface area contributed by atoms with Crippen molar-refractivity contribution in [3.63, 3.8) is 0 Å². The topological polar surface area (TPSA) is 147 Å². The van der Waals surface area contributed by atoms with Crippen LogP contribution in [0.2, 0.25) is 0 Å². The van der Waals surface area contributed by atoms with Crippen molar-refractivity contribution in [3.05, 3.63) is 11.6 Å².